The average molecular weight is 352 g/mol. The topological polar surface area (TPSA) is 63.2 Å². The summed E-state index contributed by atoms with van der Waals surface area (Å²) in [6.07, 6.45) is 5.34. The number of carbonyl (C=O) groups excluding carboxylic acids is 1. The molecule has 2 rings (SSSR count). The van der Waals surface area contributed by atoms with E-state index in [4.69, 9.17) is 0 Å². The van der Waals surface area contributed by atoms with Gasteiger partial charge in [0.25, 0.3) is 0 Å². The molecule has 1 fully saturated rings. The fourth-order valence-corrected chi connectivity index (χ4v) is 4.41. The Morgan fingerprint density at radius 2 is 1.67 bits per heavy atom. The summed E-state index contributed by atoms with van der Waals surface area (Å²) in [5.74, 6) is -0.881. The highest BCUT2D eigenvalue weighted by Gasteiger charge is 2.21. The summed E-state index contributed by atoms with van der Waals surface area (Å²) in [5.41, 5.74) is 1.93. The number of rotatable bonds is 5. The molecule has 24 heavy (non-hydrogen) atoms. The first-order valence-electron chi connectivity index (χ1n) is 8.75. The minimum atomic E-state index is -3.44. The molecule has 0 aromatic heterocycles. The molecule has 1 aromatic rings. The molecule has 4 nitrogen and oxygen atoms in total. The number of hydrogen-bond donors (Lipinski definition) is 1. The van der Waals surface area contributed by atoms with Crippen LogP contribution in [0.25, 0.3) is 0 Å². The summed E-state index contributed by atoms with van der Waals surface area (Å²) in [4.78, 5) is 12.0. The number of sulfone groups is 1. The van der Waals surface area contributed by atoms with Crippen LogP contribution in [0, 0.1) is 0 Å². The summed E-state index contributed by atoms with van der Waals surface area (Å²) in [6.45, 7) is 6.36. The van der Waals surface area contributed by atoms with Crippen molar-refractivity contribution in [2.75, 3.05) is 5.75 Å². The van der Waals surface area contributed by atoms with Gasteiger partial charge in [-0.25, -0.2) is 8.42 Å². The molecule has 0 spiro atoms. The van der Waals surface area contributed by atoms with Crippen LogP contribution in [0.2, 0.25) is 0 Å². The maximum Gasteiger partial charge on any atom is 0.235 e. The molecule has 0 radical (unpaired) electrons. The van der Waals surface area contributed by atoms with Crippen molar-refractivity contribution in [1.29, 1.82) is 0 Å². The molecule has 0 bridgehead atoms. The van der Waals surface area contributed by atoms with E-state index in [9.17, 15) is 13.2 Å². The summed E-state index contributed by atoms with van der Waals surface area (Å²) >= 11 is 0. The molecule has 1 aromatic carbocycles. The van der Waals surface area contributed by atoms with Crippen molar-refractivity contribution in [3.05, 3.63) is 35.4 Å². The van der Waals surface area contributed by atoms with Crippen molar-refractivity contribution in [1.82, 2.24) is 5.32 Å². The van der Waals surface area contributed by atoms with Gasteiger partial charge in [0.1, 0.15) is 5.75 Å². The Bertz CT molecular complexity index is 651. The fourth-order valence-electron chi connectivity index (χ4n) is 3.12. The average Bonchev–Trinajstić information content (AvgIpc) is 2.46. The Morgan fingerprint density at radius 1 is 1.08 bits per heavy atom. The lowest BCUT2D eigenvalue weighted by atomic mass is 9.87. The van der Waals surface area contributed by atoms with Gasteiger partial charge in [-0.05, 0) is 29.4 Å². The molecule has 1 amide bonds. The zero-order chi connectivity index (χ0) is 17.8. The largest absolute Gasteiger partial charge is 0.352 e. The number of amides is 1. The predicted octanol–water partition coefficient (Wildman–Crippen LogP) is 3.35. The molecule has 1 aliphatic carbocycles. The minimum Gasteiger partial charge on any atom is -0.352 e. The van der Waals surface area contributed by atoms with E-state index in [1.807, 2.05) is 24.3 Å². The minimum absolute atomic E-state index is 0.0390. The third kappa shape index (κ3) is 5.93. The van der Waals surface area contributed by atoms with Crippen molar-refractivity contribution in [3.8, 4) is 0 Å². The van der Waals surface area contributed by atoms with E-state index in [0.717, 1.165) is 31.2 Å². The van der Waals surface area contributed by atoms with E-state index < -0.39 is 15.6 Å². The van der Waals surface area contributed by atoms with Gasteiger partial charge >= 0.3 is 0 Å². The number of benzene rings is 1. The molecule has 134 valence electrons. The summed E-state index contributed by atoms with van der Waals surface area (Å²) in [6, 6.07) is 7.77. The Morgan fingerprint density at radius 3 is 2.21 bits per heavy atom. The van der Waals surface area contributed by atoms with E-state index in [2.05, 4.69) is 26.1 Å². The van der Waals surface area contributed by atoms with Gasteiger partial charge in [0.15, 0.2) is 9.84 Å². The zero-order valence-electron chi connectivity index (χ0n) is 15.0. The number of nitrogens with one attached hydrogen (secondary N) is 1. The lowest BCUT2D eigenvalue weighted by Gasteiger charge is -2.22. The molecule has 1 aliphatic rings. The lowest BCUT2D eigenvalue weighted by molar-refractivity contribution is -0.119. The standard InChI is InChI=1S/C19H29NO3S/c1-19(2,3)16-11-9-15(10-12-16)13-24(22,23)14-18(21)20-17-7-5-4-6-8-17/h9-12,17H,4-8,13-14H2,1-3H3,(H,20,21). The second-order valence-corrected chi connectivity index (χ2v) is 9.95. The Kier molecular flexibility index (Phi) is 6.07. The zero-order valence-corrected chi connectivity index (χ0v) is 15.8. The first-order chi connectivity index (χ1) is 11.2. The van der Waals surface area contributed by atoms with Crippen molar-refractivity contribution >= 4 is 15.7 Å². The van der Waals surface area contributed by atoms with Gasteiger partial charge in [-0.15, -0.1) is 0 Å². The highest BCUT2D eigenvalue weighted by molar-refractivity contribution is 7.91. The fraction of sp³-hybridized carbons (Fsp3) is 0.632. The van der Waals surface area contributed by atoms with E-state index in [-0.39, 0.29) is 23.1 Å². The monoisotopic (exact) mass is 351 g/mol. The summed E-state index contributed by atoms with van der Waals surface area (Å²) in [5, 5.41) is 2.87. The van der Waals surface area contributed by atoms with Crippen molar-refractivity contribution in [3.63, 3.8) is 0 Å². The Hall–Kier alpha value is -1.36. The van der Waals surface area contributed by atoms with Gasteiger partial charge in [0, 0.05) is 6.04 Å². The van der Waals surface area contributed by atoms with Crippen molar-refractivity contribution in [2.45, 2.75) is 70.1 Å². The van der Waals surface area contributed by atoms with Crippen LogP contribution in [0.4, 0.5) is 0 Å². The first-order valence-corrected chi connectivity index (χ1v) is 10.6. The SMILES string of the molecule is CC(C)(C)c1ccc(CS(=O)(=O)CC(=O)NC2CCCCC2)cc1. The van der Waals surface area contributed by atoms with Crippen LogP contribution in [-0.4, -0.2) is 26.1 Å². The Labute approximate surface area is 146 Å². The molecule has 5 heteroatoms. The van der Waals surface area contributed by atoms with E-state index in [0.29, 0.717) is 0 Å². The van der Waals surface area contributed by atoms with E-state index in [1.165, 1.54) is 12.0 Å². The predicted molar refractivity (Wildman–Crippen MR) is 97.6 cm³/mol. The van der Waals surface area contributed by atoms with Crippen LogP contribution in [0.5, 0.6) is 0 Å². The smallest absolute Gasteiger partial charge is 0.235 e. The molecule has 0 saturated heterocycles. The number of hydrogen-bond acceptors (Lipinski definition) is 3. The van der Waals surface area contributed by atoms with Gasteiger partial charge in [0.05, 0.1) is 5.75 Å². The maximum absolute atomic E-state index is 12.3. The van der Waals surface area contributed by atoms with Crippen LogP contribution in [0.1, 0.15) is 64.0 Å². The maximum atomic E-state index is 12.3. The van der Waals surface area contributed by atoms with Crippen molar-refractivity contribution in [2.24, 2.45) is 0 Å². The van der Waals surface area contributed by atoms with Gasteiger partial charge in [-0.1, -0.05) is 64.3 Å². The first kappa shape index (κ1) is 19.0. The van der Waals surface area contributed by atoms with Gasteiger partial charge in [-0.3, -0.25) is 4.79 Å². The summed E-state index contributed by atoms with van der Waals surface area (Å²) < 4.78 is 24.5. The third-order valence-corrected chi connectivity index (χ3v) is 6.00. The number of carbonyl (C=O) groups is 1. The highest BCUT2D eigenvalue weighted by atomic mass is 32.2. The van der Waals surface area contributed by atoms with Crippen LogP contribution >= 0.6 is 0 Å². The van der Waals surface area contributed by atoms with Crippen LogP contribution in [0.3, 0.4) is 0 Å². The highest BCUT2D eigenvalue weighted by Crippen LogP contribution is 2.23. The van der Waals surface area contributed by atoms with Gasteiger partial charge in [-0.2, -0.15) is 0 Å². The van der Waals surface area contributed by atoms with Crippen molar-refractivity contribution < 1.29 is 13.2 Å². The molecule has 0 atom stereocenters. The molecule has 1 N–H and O–H groups in total. The molecule has 0 heterocycles. The van der Waals surface area contributed by atoms with Crippen LogP contribution in [0.15, 0.2) is 24.3 Å². The Balaban J connectivity index is 1.91. The normalized spacial score (nSPS) is 16.8. The van der Waals surface area contributed by atoms with E-state index >= 15 is 0 Å². The van der Waals surface area contributed by atoms with E-state index in [1.54, 1.807) is 0 Å². The van der Waals surface area contributed by atoms with Crippen LogP contribution in [-0.2, 0) is 25.8 Å². The van der Waals surface area contributed by atoms with Gasteiger partial charge in [0.2, 0.25) is 5.91 Å². The molecule has 0 aliphatic heterocycles. The second kappa shape index (κ2) is 7.68. The molecule has 1 saturated carbocycles. The quantitative estimate of drug-likeness (QED) is 0.885. The molecule has 0 unspecified atom stereocenters. The lowest BCUT2D eigenvalue weighted by Crippen LogP contribution is -2.39. The second-order valence-electron chi connectivity index (χ2n) is 7.88. The van der Waals surface area contributed by atoms with Gasteiger partial charge < -0.3 is 5.32 Å². The third-order valence-electron chi connectivity index (χ3n) is 4.53. The molecular weight excluding hydrogens is 322 g/mol. The van der Waals surface area contributed by atoms with Crippen LogP contribution < -0.4 is 5.32 Å². The molecular formula is C19H29NO3S. The summed E-state index contributed by atoms with van der Waals surface area (Å²) in [7, 11) is -3.44.